The molecule has 0 radical (unpaired) electrons. The van der Waals surface area contributed by atoms with Gasteiger partial charge < -0.3 is 25.4 Å². The van der Waals surface area contributed by atoms with E-state index in [2.05, 4.69) is 27.9 Å². The summed E-state index contributed by atoms with van der Waals surface area (Å²) in [5.74, 6) is 0.435. The van der Waals surface area contributed by atoms with Gasteiger partial charge in [-0.3, -0.25) is 9.79 Å². The van der Waals surface area contributed by atoms with Gasteiger partial charge in [0.05, 0.1) is 29.9 Å². The Kier molecular flexibility index (Phi) is 17.5. The lowest BCUT2D eigenvalue weighted by atomic mass is 10.2. The van der Waals surface area contributed by atoms with Gasteiger partial charge in [-0.1, -0.05) is 36.5 Å². The predicted octanol–water partition coefficient (Wildman–Crippen LogP) is 3.34. The molecule has 0 aliphatic carbocycles. The van der Waals surface area contributed by atoms with E-state index in [-0.39, 0.29) is 29.9 Å². The van der Waals surface area contributed by atoms with E-state index in [1.807, 2.05) is 0 Å². The minimum atomic E-state index is -0.210. The summed E-state index contributed by atoms with van der Waals surface area (Å²) in [6.45, 7) is 6.27. The fourth-order valence-electron chi connectivity index (χ4n) is 2.13. The summed E-state index contributed by atoms with van der Waals surface area (Å²) in [7, 11) is 1.69. The molecule has 0 aliphatic rings. The Morgan fingerprint density at radius 1 is 0.966 bits per heavy atom. The summed E-state index contributed by atoms with van der Waals surface area (Å²) >= 11 is 11.8. The Bertz CT molecular complexity index is 621. The molecule has 0 saturated carbocycles. The van der Waals surface area contributed by atoms with E-state index in [4.69, 9.17) is 32.7 Å². The lowest BCUT2D eigenvalue weighted by molar-refractivity contribution is 0.0487. The maximum atomic E-state index is 12.1. The van der Waals surface area contributed by atoms with Crippen LogP contribution in [-0.4, -0.2) is 65.0 Å². The Morgan fingerprint density at radius 3 is 2.28 bits per heavy atom. The molecule has 29 heavy (non-hydrogen) atoms. The molecule has 1 rings (SSSR count). The van der Waals surface area contributed by atoms with Crippen LogP contribution in [0.2, 0.25) is 10.0 Å². The van der Waals surface area contributed by atoms with Crippen molar-refractivity contribution in [3.63, 3.8) is 0 Å². The maximum Gasteiger partial charge on any atom is 0.251 e. The number of amides is 1. The summed E-state index contributed by atoms with van der Waals surface area (Å²) in [6.07, 6.45) is 2.22. The normalized spacial score (nSPS) is 11.0. The molecule has 0 fully saturated rings. The van der Waals surface area contributed by atoms with Gasteiger partial charge in [0.2, 0.25) is 0 Å². The summed E-state index contributed by atoms with van der Waals surface area (Å²) < 4.78 is 10.9. The topological polar surface area (TPSA) is 84.0 Å². The second kappa shape index (κ2) is 18.0. The number of rotatable bonds is 13. The van der Waals surface area contributed by atoms with E-state index in [1.165, 1.54) is 0 Å². The number of benzene rings is 1. The first-order valence-corrected chi connectivity index (χ1v) is 10.2. The largest absolute Gasteiger partial charge is 0.379 e. The fraction of sp³-hybridized carbons (Fsp3) is 0.579. The molecule has 1 amide bonds. The van der Waals surface area contributed by atoms with E-state index in [0.29, 0.717) is 61.0 Å². The maximum absolute atomic E-state index is 12.1. The average molecular weight is 561 g/mol. The zero-order valence-electron chi connectivity index (χ0n) is 16.9. The van der Waals surface area contributed by atoms with Gasteiger partial charge in [-0.25, -0.2) is 0 Å². The second-order valence-corrected chi connectivity index (χ2v) is 6.70. The van der Waals surface area contributed by atoms with Crippen molar-refractivity contribution in [2.24, 2.45) is 4.99 Å². The Labute approximate surface area is 200 Å². The average Bonchev–Trinajstić information content (AvgIpc) is 2.70. The number of nitrogens with one attached hydrogen (secondary N) is 3. The Morgan fingerprint density at radius 2 is 1.62 bits per heavy atom. The van der Waals surface area contributed by atoms with Crippen molar-refractivity contribution in [3.8, 4) is 0 Å². The van der Waals surface area contributed by atoms with Gasteiger partial charge in [-0.05, 0) is 24.6 Å². The van der Waals surface area contributed by atoms with Crippen LogP contribution in [0.15, 0.2) is 23.2 Å². The second-order valence-electron chi connectivity index (χ2n) is 5.89. The van der Waals surface area contributed by atoms with Gasteiger partial charge in [-0.15, -0.1) is 24.0 Å². The number of hydrogen-bond acceptors (Lipinski definition) is 4. The molecule has 0 bridgehead atoms. The predicted molar refractivity (Wildman–Crippen MR) is 130 cm³/mol. The van der Waals surface area contributed by atoms with Crippen molar-refractivity contribution in [2.75, 3.05) is 53.1 Å². The van der Waals surface area contributed by atoms with Crippen LogP contribution in [0.4, 0.5) is 0 Å². The summed E-state index contributed by atoms with van der Waals surface area (Å²) in [5, 5.41) is 9.84. The van der Waals surface area contributed by atoms with Crippen LogP contribution in [0.25, 0.3) is 0 Å². The summed E-state index contributed by atoms with van der Waals surface area (Å²) in [4.78, 5) is 16.2. The first-order valence-electron chi connectivity index (χ1n) is 9.41. The number of hydrogen-bond donors (Lipinski definition) is 3. The molecule has 0 aromatic heterocycles. The van der Waals surface area contributed by atoms with Crippen molar-refractivity contribution in [1.29, 1.82) is 0 Å². The van der Waals surface area contributed by atoms with Crippen LogP contribution >= 0.6 is 47.2 Å². The molecule has 166 valence electrons. The fourth-order valence-corrected chi connectivity index (χ4v) is 2.43. The van der Waals surface area contributed by atoms with Crippen molar-refractivity contribution in [2.45, 2.75) is 19.8 Å². The number of halogens is 3. The highest BCUT2D eigenvalue weighted by Crippen LogP contribution is 2.22. The van der Waals surface area contributed by atoms with E-state index in [9.17, 15) is 4.79 Å². The van der Waals surface area contributed by atoms with Gasteiger partial charge in [0, 0.05) is 38.9 Å². The zero-order chi connectivity index (χ0) is 20.6. The third-order valence-corrected chi connectivity index (χ3v) is 4.40. The van der Waals surface area contributed by atoms with Crippen LogP contribution in [0, 0.1) is 0 Å². The van der Waals surface area contributed by atoms with Gasteiger partial charge in [-0.2, -0.15) is 0 Å². The molecule has 3 N–H and O–H groups in total. The minimum absolute atomic E-state index is 0. The molecule has 0 aliphatic heterocycles. The van der Waals surface area contributed by atoms with E-state index < -0.39 is 0 Å². The monoisotopic (exact) mass is 560 g/mol. The number of nitrogens with zero attached hydrogens (tertiary/aromatic N) is 1. The summed E-state index contributed by atoms with van der Waals surface area (Å²) in [5.41, 5.74) is 0.465. The molecule has 0 heterocycles. The van der Waals surface area contributed by atoms with Crippen LogP contribution in [0.3, 0.4) is 0 Å². The summed E-state index contributed by atoms with van der Waals surface area (Å²) in [6, 6.07) is 4.77. The molecule has 10 heteroatoms. The van der Waals surface area contributed by atoms with Gasteiger partial charge in [0.15, 0.2) is 5.96 Å². The molecule has 0 saturated heterocycles. The third-order valence-electron chi connectivity index (χ3n) is 3.66. The van der Waals surface area contributed by atoms with Crippen LogP contribution < -0.4 is 16.0 Å². The molecule has 1 aromatic rings. The highest BCUT2D eigenvalue weighted by molar-refractivity contribution is 14.0. The van der Waals surface area contributed by atoms with Crippen LogP contribution in [-0.2, 0) is 9.47 Å². The van der Waals surface area contributed by atoms with Gasteiger partial charge >= 0.3 is 0 Å². The van der Waals surface area contributed by atoms with Crippen molar-refractivity contribution < 1.29 is 14.3 Å². The number of carbonyl (C=O) groups is 1. The van der Waals surface area contributed by atoms with E-state index in [1.54, 1.807) is 25.2 Å². The molecule has 0 spiro atoms. The molecular weight excluding hydrogens is 530 g/mol. The lowest BCUT2D eigenvalue weighted by Gasteiger charge is -2.12. The minimum Gasteiger partial charge on any atom is -0.379 e. The standard InChI is InChI=1S/C19H30Cl2N4O3.HI/c1-3-4-10-27-12-13-28-11-9-25-19(22-2)24-8-7-23-18(26)15-5-6-16(20)17(21)14-15;/h5-6,14H,3-4,7-13H2,1-2H3,(H,23,26)(H2,22,24,25);1H. The number of aliphatic imine (C=N–C) groups is 1. The molecule has 1 aromatic carbocycles. The van der Waals surface area contributed by atoms with Crippen molar-refractivity contribution in [1.82, 2.24) is 16.0 Å². The number of unbranched alkanes of at least 4 members (excludes halogenated alkanes) is 1. The lowest BCUT2D eigenvalue weighted by Crippen LogP contribution is -2.42. The zero-order valence-corrected chi connectivity index (χ0v) is 20.8. The SMILES string of the molecule is CCCCOCCOCCNC(=NC)NCCNC(=O)c1ccc(Cl)c(Cl)c1.I. The van der Waals surface area contributed by atoms with E-state index in [0.717, 1.165) is 19.4 Å². The Balaban J connectivity index is 0.00000784. The molecular formula is C19H31Cl2IN4O3. The highest BCUT2D eigenvalue weighted by Gasteiger charge is 2.07. The van der Waals surface area contributed by atoms with Gasteiger partial charge in [0.1, 0.15) is 0 Å². The molecule has 7 nitrogen and oxygen atoms in total. The van der Waals surface area contributed by atoms with Crippen LogP contribution in [0.1, 0.15) is 30.1 Å². The highest BCUT2D eigenvalue weighted by atomic mass is 127. The van der Waals surface area contributed by atoms with Crippen LogP contribution in [0.5, 0.6) is 0 Å². The Hall–Kier alpha value is -0.810. The first-order chi connectivity index (χ1) is 13.6. The third kappa shape index (κ3) is 13.2. The number of carbonyl (C=O) groups excluding carboxylic acids is 1. The molecule has 0 unspecified atom stereocenters. The quantitative estimate of drug-likeness (QED) is 0.149. The van der Waals surface area contributed by atoms with Gasteiger partial charge in [0.25, 0.3) is 5.91 Å². The molecule has 0 atom stereocenters. The first kappa shape index (κ1) is 28.2. The van der Waals surface area contributed by atoms with E-state index >= 15 is 0 Å². The smallest absolute Gasteiger partial charge is 0.251 e. The van der Waals surface area contributed by atoms with Crippen molar-refractivity contribution in [3.05, 3.63) is 33.8 Å². The number of guanidine groups is 1. The van der Waals surface area contributed by atoms with Crippen molar-refractivity contribution >= 4 is 59.0 Å². The number of ether oxygens (including phenoxy) is 2.